The van der Waals surface area contributed by atoms with Crippen LogP contribution in [0.15, 0.2) is 48.5 Å². The first-order chi connectivity index (χ1) is 11.5. The molecule has 0 saturated heterocycles. The molecular formula is C20H21N3O. The van der Waals surface area contributed by atoms with Gasteiger partial charge in [-0.1, -0.05) is 24.3 Å². The lowest BCUT2D eigenvalue weighted by Gasteiger charge is -2.08. The second-order valence-corrected chi connectivity index (χ2v) is 6.12. The lowest BCUT2D eigenvalue weighted by molar-refractivity contribution is 0.102. The van der Waals surface area contributed by atoms with Crippen molar-refractivity contribution in [3.8, 4) is 5.69 Å². The van der Waals surface area contributed by atoms with E-state index in [9.17, 15) is 4.79 Å². The summed E-state index contributed by atoms with van der Waals surface area (Å²) in [5.41, 5.74) is 6.18. The van der Waals surface area contributed by atoms with Gasteiger partial charge in [0.15, 0.2) is 0 Å². The minimum atomic E-state index is -0.128. The molecule has 0 bridgehead atoms. The number of benzene rings is 2. The van der Waals surface area contributed by atoms with E-state index in [2.05, 4.69) is 16.5 Å². The number of hydrogen-bond donors (Lipinski definition) is 1. The van der Waals surface area contributed by atoms with Crippen LogP contribution in [-0.2, 0) is 0 Å². The average Bonchev–Trinajstić information content (AvgIpc) is 2.82. The molecular weight excluding hydrogens is 298 g/mol. The molecule has 1 aromatic heterocycles. The molecule has 0 saturated carbocycles. The fourth-order valence-electron chi connectivity index (χ4n) is 3.03. The standard InChI is InChI=1S/C20H21N3O/c1-13-10-14(2)12-17(11-13)21-20(24)19-15(3)22-23(16(19)4)18-8-6-5-7-9-18/h5-12H,1-4H3,(H,21,24). The van der Waals surface area contributed by atoms with Crippen molar-refractivity contribution >= 4 is 11.6 Å². The van der Waals surface area contributed by atoms with Crippen LogP contribution in [0.4, 0.5) is 5.69 Å². The summed E-state index contributed by atoms with van der Waals surface area (Å²) in [6, 6.07) is 15.9. The van der Waals surface area contributed by atoms with E-state index in [-0.39, 0.29) is 5.91 Å². The molecule has 1 amide bonds. The molecule has 24 heavy (non-hydrogen) atoms. The van der Waals surface area contributed by atoms with Gasteiger partial charge in [-0.15, -0.1) is 0 Å². The molecule has 0 radical (unpaired) electrons. The summed E-state index contributed by atoms with van der Waals surface area (Å²) in [6.07, 6.45) is 0. The second-order valence-electron chi connectivity index (χ2n) is 6.12. The fraction of sp³-hybridized carbons (Fsp3) is 0.200. The topological polar surface area (TPSA) is 46.9 Å². The van der Waals surface area contributed by atoms with Crippen molar-refractivity contribution < 1.29 is 4.79 Å². The largest absolute Gasteiger partial charge is 0.322 e. The van der Waals surface area contributed by atoms with Gasteiger partial charge in [0.2, 0.25) is 0 Å². The number of amides is 1. The number of nitrogens with zero attached hydrogens (tertiary/aromatic N) is 2. The average molecular weight is 319 g/mol. The van der Waals surface area contributed by atoms with Crippen LogP contribution < -0.4 is 5.32 Å². The molecule has 0 aliphatic rings. The minimum absolute atomic E-state index is 0.128. The van der Waals surface area contributed by atoms with E-state index in [1.165, 1.54) is 0 Å². The van der Waals surface area contributed by atoms with Crippen molar-refractivity contribution in [3.63, 3.8) is 0 Å². The third-order valence-electron chi connectivity index (χ3n) is 4.00. The molecule has 122 valence electrons. The van der Waals surface area contributed by atoms with Crippen LogP contribution in [-0.4, -0.2) is 15.7 Å². The van der Waals surface area contributed by atoms with Crippen molar-refractivity contribution in [3.05, 3.63) is 76.6 Å². The molecule has 0 unspecified atom stereocenters. The van der Waals surface area contributed by atoms with Crippen molar-refractivity contribution in [1.82, 2.24) is 9.78 Å². The third kappa shape index (κ3) is 3.08. The summed E-state index contributed by atoms with van der Waals surface area (Å²) < 4.78 is 1.81. The van der Waals surface area contributed by atoms with Gasteiger partial charge in [-0.25, -0.2) is 4.68 Å². The molecule has 4 heteroatoms. The Labute approximate surface area is 142 Å². The van der Waals surface area contributed by atoms with Crippen LogP contribution >= 0.6 is 0 Å². The zero-order valence-corrected chi connectivity index (χ0v) is 14.4. The highest BCUT2D eigenvalue weighted by molar-refractivity contribution is 6.06. The number of carbonyl (C=O) groups is 1. The number of anilines is 1. The Morgan fingerprint density at radius 1 is 0.958 bits per heavy atom. The van der Waals surface area contributed by atoms with Crippen LogP contribution in [0, 0.1) is 27.7 Å². The molecule has 0 atom stereocenters. The van der Waals surface area contributed by atoms with Gasteiger partial charge in [-0.3, -0.25) is 4.79 Å². The van der Waals surface area contributed by atoms with Gasteiger partial charge in [0, 0.05) is 5.69 Å². The van der Waals surface area contributed by atoms with Gasteiger partial charge >= 0.3 is 0 Å². The van der Waals surface area contributed by atoms with Gasteiger partial charge in [-0.2, -0.15) is 5.10 Å². The van der Waals surface area contributed by atoms with E-state index in [4.69, 9.17) is 0 Å². The minimum Gasteiger partial charge on any atom is -0.322 e. The highest BCUT2D eigenvalue weighted by atomic mass is 16.1. The number of aryl methyl sites for hydroxylation is 3. The highest BCUT2D eigenvalue weighted by Gasteiger charge is 2.19. The smallest absolute Gasteiger partial charge is 0.259 e. The number of rotatable bonds is 3. The maximum atomic E-state index is 12.8. The van der Waals surface area contributed by atoms with Crippen molar-refractivity contribution in [1.29, 1.82) is 0 Å². The Kier molecular flexibility index (Phi) is 4.21. The van der Waals surface area contributed by atoms with Crippen LogP contribution in [0.2, 0.25) is 0 Å². The lowest BCUT2D eigenvalue weighted by atomic mass is 10.1. The molecule has 1 heterocycles. The molecule has 3 rings (SSSR count). The first-order valence-corrected chi connectivity index (χ1v) is 7.97. The predicted octanol–water partition coefficient (Wildman–Crippen LogP) is 4.36. The molecule has 0 aliphatic heterocycles. The maximum Gasteiger partial charge on any atom is 0.259 e. The summed E-state index contributed by atoms with van der Waals surface area (Å²) in [4.78, 5) is 12.8. The molecule has 2 aromatic carbocycles. The number of carbonyl (C=O) groups excluding carboxylic acids is 1. The zero-order valence-electron chi connectivity index (χ0n) is 14.4. The molecule has 3 aromatic rings. The van der Waals surface area contributed by atoms with E-state index in [0.717, 1.165) is 33.9 Å². The van der Waals surface area contributed by atoms with E-state index < -0.39 is 0 Å². The van der Waals surface area contributed by atoms with E-state index >= 15 is 0 Å². The maximum absolute atomic E-state index is 12.8. The molecule has 0 aliphatic carbocycles. The highest BCUT2D eigenvalue weighted by Crippen LogP contribution is 2.20. The summed E-state index contributed by atoms with van der Waals surface area (Å²) in [6.45, 7) is 7.82. The van der Waals surface area contributed by atoms with Crippen molar-refractivity contribution in [2.24, 2.45) is 0 Å². The Morgan fingerprint density at radius 2 is 1.58 bits per heavy atom. The van der Waals surface area contributed by atoms with E-state index in [0.29, 0.717) is 5.56 Å². The first kappa shape index (κ1) is 16.0. The van der Waals surface area contributed by atoms with Gasteiger partial charge in [0.25, 0.3) is 5.91 Å². The Hall–Kier alpha value is -2.88. The summed E-state index contributed by atoms with van der Waals surface area (Å²) in [5, 5.41) is 7.53. The number of hydrogen-bond acceptors (Lipinski definition) is 2. The van der Waals surface area contributed by atoms with Gasteiger partial charge < -0.3 is 5.32 Å². The first-order valence-electron chi connectivity index (χ1n) is 7.97. The SMILES string of the molecule is Cc1cc(C)cc(NC(=O)c2c(C)nn(-c3ccccc3)c2C)c1. The fourth-order valence-corrected chi connectivity index (χ4v) is 3.03. The lowest BCUT2D eigenvalue weighted by Crippen LogP contribution is -2.14. The molecule has 0 fully saturated rings. The predicted molar refractivity (Wildman–Crippen MR) is 96.9 cm³/mol. The summed E-state index contributed by atoms with van der Waals surface area (Å²) in [5.74, 6) is -0.128. The summed E-state index contributed by atoms with van der Waals surface area (Å²) in [7, 11) is 0. The number of para-hydroxylation sites is 1. The van der Waals surface area contributed by atoms with Crippen LogP contribution in [0.5, 0.6) is 0 Å². The Balaban J connectivity index is 1.95. The van der Waals surface area contributed by atoms with Gasteiger partial charge in [-0.05, 0) is 63.1 Å². The molecule has 0 spiro atoms. The van der Waals surface area contributed by atoms with Crippen LogP contribution in [0.1, 0.15) is 32.9 Å². The van der Waals surface area contributed by atoms with Gasteiger partial charge in [0.05, 0.1) is 22.6 Å². The quantitative estimate of drug-likeness (QED) is 0.780. The molecule has 4 nitrogen and oxygen atoms in total. The monoisotopic (exact) mass is 319 g/mol. The summed E-state index contributed by atoms with van der Waals surface area (Å²) >= 11 is 0. The Bertz CT molecular complexity index is 874. The normalized spacial score (nSPS) is 10.7. The van der Waals surface area contributed by atoms with Crippen molar-refractivity contribution in [2.75, 3.05) is 5.32 Å². The van der Waals surface area contributed by atoms with Gasteiger partial charge in [0.1, 0.15) is 0 Å². The van der Waals surface area contributed by atoms with E-state index in [1.807, 2.05) is 74.8 Å². The van der Waals surface area contributed by atoms with Crippen LogP contribution in [0.25, 0.3) is 5.69 Å². The number of nitrogens with one attached hydrogen (secondary N) is 1. The second kappa shape index (κ2) is 6.32. The Morgan fingerprint density at radius 3 is 2.21 bits per heavy atom. The van der Waals surface area contributed by atoms with Crippen LogP contribution in [0.3, 0.4) is 0 Å². The zero-order chi connectivity index (χ0) is 17.3. The third-order valence-corrected chi connectivity index (χ3v) is 4.00. The number of aromatic nitrogens is 2. The van der Waals surface area contributed by atoms with Crippen molar-refractivity contribution in [2.45, 2.75) is 27.7 Å². The molecule has 1 N–H and O–H groups in total. The van der Waals surface area contributed by atoms with E-state index in [1.54, 1.807) is 0 Å².